The lowest BCUT2D eigenvalue weighted by molar-refractivity contribution is -0.383. The number of thiophene rings is 1. The van der Waals surface area contributed by atoms with E-state index >= 15 is 0 Å². The van der Waals surface area contributed by atoms with E-state index in [1.807, 2.05) is 6.07 Å². The first-order valence-electron chi connectivity index (χ1n) is 4.52. The van der Waals surface area contributed by atoms with Crippen molar-refractivity contribution in [3.8, 4) is 16.5 Å². The van der Waals surface area contributed by atoms with Crippen molar-refractivity contribution in [3.63, 3.8) is 0 Å². The largest absolute Gasteiger partial charge is 0.378 e. The molecule has 2 rings (SSSR count). The Morgan fingerprint density at radius 2 is 2.24 bits per heavy atom. The molecule has 84 valence electrons. The van der Waals surface area contributed by atoms with Crippen molar-refractivity contribution in [3.05, 3.63) is 39.4 Å². The van der Waals surface area contributed by atoms with Crippen LogP contribution in [0.25, 0.3) is 10.4 Å². The van der Waals surface area contributed by atoms with Gasteiger partial charge < -0.3 is 5.73 Å². The second-order valence-electron chi connectivity index (χ2n) is 3.13. The summed E-state index contributed by atoms with van der Waals surface area (Å²) in [6, 6.07) is 6.77. The molecule has 0 aliphatic rings. The van der Waals surface area contributed by atoms with Crippen molar-refractivity contribution in [1.29, 1.82) is 5.26 Å². The average molecular weight is 246 g/mol. The molecule has 0 fully saturated rings. The minimum Gasteiger partial charge on any atom is -0.378 e. The van der Waals surface area contributed by atoms with E-state index in [9.17, 15) is 10.1 Å². The molecule has 0 atom stereocenters. The van der Waals surface area contributed by atoms with Gasteiger partial charge >= 0.3 is 5.69 Å². The van der Waals surface area contributed by atoms with Crippen molar-refractivity contribution >= 4 is 22.8 Å². The number of rotatable bonds is 2. The zero-order chi connectivity index (χ0) is 12.4. The van der Waals surface area contributed by atoms with Gasteiger partial charge in [-0.3, -0.25) is 10.1 Å². The highest BCUT2D eigenvalue weighted by Crippen LogP contribution is 2.36. The molecule has 0 radical (unpaired) electrons. The van der Waals surface area contributed by atoms with E-state index < -0.39 is 4.92 Å². The molecule has 0 aliphatic heterocycles. The van der Waals surface area contributed by atoms with Crippen molar-refractivity contribution < 1.29 is 4.92 Å². The van der Waals surface area contributed by atoms with Gasteiger partial charge in [0.15, 0.2) is 0 Å². The van der Waals surface area contributed by atoms with Crippen LogP contribution in [-0.4, -0.2) is 9.91 Å². The van der Waals surface area contributed by atoms with Gasteiger partial charge in [0, 0.05) is 11.1 Å². The van der Waals surface area contributed by atoms with E-state index in [2.05, 4.69) is 4.98 Å². The predicted octanol–water partition coefficient (Wildman–Crippen LogP) is 2.17. The second-order valence-corrected chi connectivity index (χ2v) is 4.21. The number of hydrogen-bond donors (Lipinski definition) is 1. The van der Waals surface area contributed by atoms with Crippen molar-refractivity contribution in [1.82, 2.24) is 4.98 Å². The minimum atomic E-state index is -0.566. The van der Waals surface area contributed by atoms with Gasteiger partial charge in [-0.25, -0.2) is 4.98 Å². The lowest BCUT2D eigenvalue weighted by atomic mass is 10.2. The van der Waals surface area contributed by atoms with Crippen LogP contribution in [0.5, 0.6) is 0 Å². The second kappa shape index (κ2) is 4.19. The third-order valence-electron chi connectivity index (χ3n) is 2.12. The summed E-state index contributed by atoms with van der Waals surface area (Å²) in [5.74, 6) is -0.126. The fraction of sp³-hybridized carbons (Fsp3) is 0. The van der Waals surface area contributed by atoms with Crippen molar-refractivity contribution in [2.75, 3.05) is 5.73 Å². The normalized spacial score (nSPS) is 9.82. The van der Waals surface area contributed by atoms with Gasteiger partial charge in [0.2, 0.25) is 5.82 Å². The zero-order valence-corrected chi connectivity index (χ0v) is 9.27. The summed E-state index contributed by atoms with van der Waals surface area (Å²) < 4.78 is 0. The standard InChI is InChI=1S/C10H6N4O2S/c11-5-6-1-2-8(17-6)7-3-4-13-10(12)9(7)14(15)16/h1-4H,(H2,12,13). The van der Waals surface area contributed by atoms with Gasteiger partial charge in [-0.1, -0.05) is 0 Å². The van der Waals surface area contributed by atoms with Crippen LogP contribution in [-0.2, 0) is 0 Å². The smallest absolute Gasteiger partial charge is 0.319 e. The van der Waals surface area contributed by atoms with E-state index in [1.165, 1.54) is 23.6 Å². The topological polar surface area (TPSA) is 106 Å². The maximum absolute atomic E-state index is 10.9. The van der Waals surface area contributed by atoms with E-state index in [0.717, 1.165) is 0 Å². The zero-order valence-electron chi connectivity index (χ0n) is 8.45. The summed E-state index contributed by atoms with van der Waals surface area (Å²) in [5, 5.41) is 19.6. The molecule has 2 aromatic rings. The maximum Gasteiger partial charge on any atom is 0.319 e. The highest BCUT2D eigenvalue weighted by molar-refractivity contribution is 7.16. The SMILES string of the molecule is N#Cc1ccc(-c2ccnc(N)c2[N+](=O)[O-])s1. The molecule has 0 bridgehead atoms. The van der Waals surface area contributed by atoms with Crippen LogP contribution >= 0.6 is 11.3 Å². The van der Waals surface area contributed by atoms with E-state index in [-0.39, 0.29) is 11.5 Å². The number of hydrogen-bond acceptors (Lipinski definition) is 6. The molecule has 0 spiro atoms. The van der Waals surface area contributed by atoms with Gasteiger partial charge in [-0.15, -0.1) is 11.3 Å². The highest BCUT2D eigenvalue weighted by atomic mass is 32.1. The molecule has 0 saturated heterocycles. The molecule has 0 amide bonds. The molecule has 0 saturated carbocycles. The maximum atomic E-state index is 10.9. The number of nitrogens with two attached hydrogens (primary N) is 1. The molecule has 0 aromatic carbocycles. The average Bonchev–Trinajstić information content (AvgIpc) is 2.76. The van der Waals surface area contributed by atoms with Crippen LogP contribution in [0.2, 0.25) is 0 Å². The van der Waals surface area contributed by atoms with Crippen molar-refractivity contribution in [2.24, 2.45) is 0 Å². The number of anilines is 1. The quantitative estimate of drug-likeness (QED) is 0.645. The number of nitriles is 1. The minimum absolute atomic E-state index is 0.126. The first-order valence-corrected chi connectivity index (χ1v) is 5.34. The molecule has 17 heavy (non-hydrogen) atoms. The van der Waals surface area contributed by atoms with Crippen LogP contribution < -0.4 is 5.73 Å². The molecule has 2 aromatic heterocycles. The Morgan fingerprint density at radius 3 is 2.82 bits per heavy atom. The van der Waals surface area contributed by atoms with Gasteiger partial charge in [0.05, 0.1) is 10.5 Å². The van der Waals surface area contributed by atoms with Crippen LogP contribution in [0.3, 0.4) is 0 Å². The van der Waals surface area contributed by atoms with Gasteiger partial charge in [0.25, 0.3) is 0 Å². The summed E-state index contributed by atoms with van der Waals surface area (Å²) in [5.41, 5.74) is 5.65. The number of nitrogen functional groups attached to an aromatic ring is 1. The third-order valence-corrected chi connectivity index (χ3v) is 3.14. The molecule has 6 nitrogen and oxygen atoms in total. The van der Waals surface area contributed by atoms with E-state index in [4.69, 9.17) is 11.0 Å². The van der Waals surface area contributed by atoms with E-state index in [1.54, 1.807) is 12.1 Å². The molecule has 0 aliphatic carbocycles. The molecule has 2 heterocycles. The lowest BCUT2D eigenvalue weighted by Crippen LogP contribution is -1.99. The Hall–Kier alpha value is -2.46. The fourth-order valence-corrected chi connectivity index (χ4v) is 2.23. The fourth-order valence-electron chi connectivity index (χ4n) is 1.40. The van der Waals surface area contributed by atoms with Crippen LogP contribution in [0.4, 0.5) is 11.5 Å². The van der Waals surface area contributed by atoms with Gasteiger partial charge in [-0.05, 0) is 18.2 Å². The number of nitrogens with zero attached hydrogens (tertiary/aromatic N) is 3. The lowest BCUT2D eigenvalue weighted by Gasteiger charge is -2.01. The number of nitro groups is 1. The summed E-state index contributed by atoms with van der Waals surface area (Å²) in [6.07, 6.45) is 1.41. The Labute approximate surface area is 100 Å². The van der Waals surface area contributed by atoms with E-state index in [0.29, 0.717) is 15.3 Å². The molecular weight excluding hydrogens is 240 g/mol. The monoisotopic (exact) mass is 246 g/mol. The van der Waals surface area contributed by atoms with Crippen molar-refractivity contribution in [2.45, 2.75) is 0 Å². The Kier molecular flexibility index (Phi) is 2.72. The summed E-state index contributed by atoms with van der Waals surface area (Å²) >= 11 is 1.18. The van der Waals surface area contributed by atoms with Gasteiger partial charge in [0.1, 0.15) is 10.9 Å². The summed E-state index contributed by atoms with van der Waals surface area (Å²) in [6.45, 7) is 0. The van der Waals surface area contributed by atoms with Crippen LogP contribution in [0.15, 0.2) is 24.4 Å². The number of pyridine rings is 1. The third kappa shape index (κ3) is 1.93. The Balaban J connectivity index is 2.63. The molecule has 7 heteroatoms. The highest BCUT2D eigenvalue weighted by Gasteiger charge is 2.21. The first-order chi connectivity index (χ1) is 8.13. The van der Waals surface area contributed by atoms with Gasteiger partial charge in [-0.2, -0.15) is 5.26 Å². The molecule has 0 unspecified atom stereocenters. The Morgan fingerprint density at radius 1 is 1.47 bits per heavy atom. The molecular formula is C10H6N4O2S. The molecule has 2 N–H and O–H groups in total. The summed E-state index contributed by atoms with van der Waals surface area (Å²) in [7, 11) is 0. The Bertz CT molecular complexity index is 629. The number of aromatic nitrogens is 1. The summed E-state index contributed by atoms with van der Waals surface area (Å²) in [4.78, 5) is 15.2. The predicted molar refractivity (Wildman–Crippen MR) is 63.3 cm³/mol. The first kappa shape index (κ1) is 11.0. The van der Waals surface area contributed by atoms with Crippen LogP contribution in [0.1, 0.15) is 4.88 Å². The van der Waals surface area contributed by atoms with Crippen LogP contribution in [0, 0.1) is 21.4 Å².